The van der Waals surface area contributed by atoms with E-state index >= 15 is 0 Å². The Morgan fingerprint density at radius 3 is 2.23 bits per heavy atom. The summed E-state index contributed by atoms with van der Waals surface area (Å²) in [7, 11) is 0. The summed E-state index contributed by atoms with van der Waals surface area (Å²) in [5, 5.41) is 0. The van der Waals surface area contributed by atoms with E-state index in [1.54, 1.807) is 0 Å². The number of aromatic nitrogens is 2. The molecule has 0 amide bonds. The number of imidazole rings is 1. The maximum absolute atomic E-state index is 13.2. The lowest BCUT2D eigenvalue weighted by Gasteiger charge is -2.19. The van der Waals surface area contributed by atoms with Crippen LogP contribution in [-0.4, -0.2) is 46.1 Å². The molecule has 5 rings (SSSR count). The van der Waals surface area contributed by atoms with E-state index in [2.05, 4.69) is 30.8 Å². The molecule has 1 aliphatic rings. The molecule has 1 aliphatic carbocycles. The molecule has 4 aromatic rings. The third kappa shape index (κ3) is 6.85. The van der Waals surface area contributed by atoms with Crippen molar-refractivity contribution in [3.05, 3.63) is 108 Å². The lowest BCUT2D eigenvalue weighted by molar-refractivity contribution is -0.154. The van der Waals surface area contributed by atoms with Gasteiger partial charge >= 0.3 is 17.9 Å². The SMILES string of the molecule is C=CCOC(=O)[C@@H](CC(=O)OCC1c2ccccc2-c2ccccc21)Cc1nc(CC(=O)OC(C)(C)C)c2ccccn12. The van der Waals surface area contributed by atoms with Gasteiger partial charge in [0.1, 0.15) is 24.6 Å². The van der Waals surface area contributed by atoms with Crippen molar-refractivity contribution >= 4 is 23.4 Å². The van der Waals surface area contributed by atoms with Crippen LogP contribution >= 0.6 is 0 Å². The van der Waals surface area contributed by atoms with Crippen molar-refractivity contribution in [2.75, 3.05) is 13.2 Å². The Hall–Kier alpha value is -4.72. The van der Waals surface area contributed by atoms with Gasteiger partial charge in [-0.3, -0.25) is 14.4 Å². The fourth-order valence-corrected chi connectivity index (χ4v) is 5.55. The number of carbonyl (C=O) groups is 3. The molecular weight excluding hydrogens is 544 g/mol. The monoisotopic (exact) mass is 580 g/mol. The first-order valence-electron chi connectivity index (χ1n) is 14.4. The van der Waals surface area contributed by atoms with Crippen LogP contribution in [0.25, 0.3) is 16.6 Å². The van der Waals surface area contributed by atoms with Gasteiger partial charge in [-0.15, -0.1) is 0 Å². The van der Waals surface area contributed by atoms with E-state index in [1.165, 1.54) is 6.08 Å². The van der Waals surface area contributed by atoms with Gasteiger partial charge in [0.2, 0.25) is 0 Å². The van der Waals surface area contributed by atoms with Crippen LogP contribution in [0.3, 0.4) is 0 Å². The van der Waals surface area contributed by atoms with Crippen LogP contribution in [0.4, 0.5) is 0 Å². The molecule has 1 atom stereocenters. The van der Waals surface area contributed by atoms with Gasteiger partial charge < -0.3 is 18.6 Å². The van der Waals surface area contributed by atoms with Crippen molar-refractivity contribution < 1.29 is 28.6 Å². The second kappa shape index (κ2) is 12.7. The number of hydrogen-bond donors (Lipinski definition) is 0. The van der Waals surface area contributed by atoms with E-state index in [-0.39, 0.29) is 38.4 Å². The highest BCUT2D eigenvalue weighted by atomic mass is 16.6. The second-order valence-corrected chi connectivity index (χ2v) is 11.6. The molecule has 8 nitrogen and oxygen atoms in total. The molecule has 0 unspecified atom stereocenters. The quantitative estimate of drug-likeness (QED) is 0.125. The molecule has 43 heavy (non-hydrogen) atoms. The second-order valence-electron chi connectivity index (χ2n) is 11.6. The molecule has 0 aliphatic heterocycles. The predicted octanol–water partition coefficient (Wildman–Crippen LogP) is 5.85. The summed E-state index contributed by atoms with van der Waals surface area (Å²) >= 11 is 0. The first-order valence-corrected chi connectivity index (χ1v) is 14.4. The van der Waals surface area contributed by atoms with Crippen molar-refractivity contribution in [3.63, 3.8) is 0 Å². The Morgan fingerprint density at radius 1 is 0.930 bits per heavy atom. The zero-order valence-corrected chi connectivity index (χ0v) is 24.7. The molecule has 0 fully saturated rings. The maximum atomic E-state index is 13.2. The third-order valence-corrected chi connectivity index (χ3v) is 7.32. The normalized spacial score (nSPS) is 13.2. The smallest absolute Gasteiger partial charge is 0.312 e. The molecule has 222 valence electrons. The summed E-state index contributed by atoms with van der Waals surface area (Å²) in [4.78, 5) is 43.6. The van der Waals surface area contributed by atoms with Crippen molar-refractivity contribution in [1.82, 2.24) is 9.38 Å². The largest absolute Gasteiger partial charge is 0.465 e. The zero-order valence-electron chi connectivity index (χ0n) is 24.7. The molecule has 2 heterocycles. The van der Waals surface area contributed by atoms with Crippen LogP contribution in [0.15, 0.2) is 85.6 Å². The van der Waals surface area contributed by atoms with Crippen LogP contribution in [-0.2, 0) is 41.4 Å². The van der Waals surface area contributed by atoms with Crippen LogP contribution in [0.5, 0.6) is 0 Å². The number of nitrogens with zero attached hydrogens (tertiary/aromatic N) is 2. The Morgan fingerprint density at radius 2 is 1.58 bits per heavy atom. The number of benzene rings is 2. The number of rotatable bonds is 11. The lowest BCUT2D eigenvalue weighted by Crippen LogP contribution is -2.26. The van der Waals surface area contributed by atoms with Gasteiger partial charge in [-0.2, -0.15) is 0 Å². The van der Waals surface area contributed by atoms with E-state index in [1.807, 2.05) is 73.8 Å². The number of hydrogen-bond acceptors (Lipinski definition) is 7. The van der Waals surface area contributed by atoms with Gasteiger partial charge in [-0.05, 0) is 55.2 Å². The van der Waals surface area contributed by atoms with Crippen molar-refractivity contribution in [2.24, 2.45) is 5.92 Å². The zero-order chi connectivity index (χ0) is 30.6. The van der Waals surface area contributed by atoms with Crippen LogP contribution in [0.1, 0.15) is 55.8 Å². The molecule has 2 aromatic carbocycles. The van der Waals surface area contributed by atoms with Gasteiger partial charge in [0.05, 0.1) is 30.0 Å². The topological polar surface area (TPSA) is 96.2 Å². The first-order chi connectivity index (χ1) is 20.6. The van der Waals surface area contributed by atoms with Crippen LogP contribution in [0.2, 0.25) is 0 Å². The van der Waals surface area contributed by atoms with Gasteiger partial charge in [0.25, 0.3) is 0 Å². The molecular formula is C35H36N2O6. The first kappa shape index (κ1) is 29.8. The van der Waals surface area contributed by atoms with E-state index in [0.29, 0.717) is 11.5 Å². The Labute approximate surface area is 251 Å². The van der Waals surface area contributed by atoms with Crippen LogP contribution in [0, 0.1) is 5.92 Å². The number of pyridine rings is 1. The summed E-state index contributed by atoms with van der Waals surface area (Å²) in [6, 6.07) is 21.8. The summed E-state index contributed by atoms with van der Waals surface area (Å²) in [5.41, 5.74) is 5.13. The highest BCUT2D eigenvalue weighted by Crippen LogP contribution is 2.44. The van der Waals surface area contributed by atoms with Gasteiger partial charge in [-0.25, -0.2) is 4.98 Å². The van der Waals surface area contributed by atoms with E-state index in [9.17, 15) is 14.4 Å². The highest BCUT2D eigenvalue weighted by molar-refractivity contribution is 5.81. The van der Waals surface area contributed by atoms with Gasteiger partial charge in [0.15, 0.2) is 0 Å². The fraction of sp³-hybridized carbons (Fsp3) is 0.314. The predicted molar refractivity (Wildman–Crippen MR) is 162 cm³/mol. The molecule has 0 saturated heterocycles. The number of carbonyl (C=O) groups excluding carboxylic acids is 3. The molecule has 8 heteroatoms. The Kier molecular flexibility index (Phi) is 8.76. The summed E-state index contributed by atoms with van der Waals surface area (Å²) in [6.07, 6.45) is 3.19. The van der Waals surface area contributed by atoms with E-state index in [0.717, 1.165) is 27.8 Å². The Bertz CT molecular complexity index is 1620. The van der Waals surface area contributed by atoms with Gasteiger partial charge in [-0.1, -0.05) is 67.3 Å². The van der Waals surface area contributed by atoms with Crippen LogP contribution < -0.4 is 0 Å². The number of ether oxygens (including phenoxy) is 3. The van der Waals surface area contributed by atoms with E-state index in [4.69, 9.17) is 19.2 Å². The lowest BCUT2D eigenvalue weighted by atomic mass is 9.98. The number of fused-ring (bicyclic) bond motifs is 4. The van der Waals surface area contributed by atoms with Gasteiger partial charge in [0, 0.05) is 18.5 Å². The highest BCUT2D eigenvalue weighted by Gasteiger charge is 2.31. The minimum Gasteiger partial charge on any atom is -0.465 e. The molecule has 0 bridgehead atoms. The molecule has 0 radical (unpaired) electrons. The minimum absolute atomic E-state index is 0.0201. The summed E-state index contributed by atoms with van der Waals surface area (Å²) < 4.78 is 18.5. The Balaban J connectivity index is 1.33. The van der Waals surface area contributed by atoms with E-state index < -0.39 is 29.4 Å². The van der Waals surface area contributed by atoms with Crippen molar-refractivity contribution in [1.29, 1.82) is 0 Å². The average Bonchev–Trinajstić information content (AvgIpc) is 3.48. The average molecular weight is 581 g/mol. The summed E-state index contributed by atoms with van der Waals surface area (Å²) in [5.74, 6) is -1.86. The maximum Gasteiger partial charge on any atom is 0.312 e. The molecule has 0 saturated carbocycles. The standard InChI is InChI=1S/C35H36N2O6/c1-5-18-41-34(40)23(19-31-36-29(21-33(39)43-35(2,3)4)30-16-10-11-17-37(30)31)20-32(38)42-22-28-26-14-8-6-12-24(26)25-13-7-9-15-27(25)28/h5-17,23,28H,1,18-22H2,2-4H3/t23-/m1/s1. The molecule has 2 aromatic heterocycles. The fourth-order valence-electron chi connectivity index (χ4n) is 5.55. The third-order valence-electron chi connectivity index (χ3n) is 7.32. The number of esters is 3. The summed E-state index contributed by atoms with van der Waals surface area (Å²) in [6.45, 7) is 9.23. The molecule has 0 N–H and O–H groups in total. The van der Waals surface area contributed by atoms with Crippen molar-refractivity contribution in [2.45, 2.75) is 51.6 Å². The molecule has 0 spiro atoms. The minimum atomic E-state index is -0.851. The van der Waals surface area contributed by atoms with Crippen molar-refractivity contribution in [3.8, 4) is 11.1 Å².